The first kappa shape index (κ1) is 15.1. The van der Waals surface area contributed by atoms with Gasteiger partial charge in [-0.05, 0) is 43.0 Å². The number of nitrogens with one attached hydrogen (secondary N) is 1. The molecular formula is C21H18N4O. The van der Waals surface area contributed by atoms with E-state index in [1.165, 1.54) is 11.1 Å². The Hall–Kier alpha value is -3.21. The van der Waals surface area contributed by atoms with Crippen LogP contribution in [0.2, 0.25) is 0 Å². The molecule has 1 N–H and O–H groups in total. The molecule has 1 aliphatic carbocycles. The normalized spacial score (nSPS) is 18.0. The molecule has 26 heavy (non-hydrogen) atoms. The van der Waals surface area contributed by atoms with Crippen molar-refractivity contribution in [2.45, 2.75) is 25.2 Å². The van der Waals surface area contributed by atoms with Crippen LogP contribution in [0.25, 0.3) is 16.9 Å². The largest absolute Gasteiger partial charge is 0.317 e. The molecule has 5 rings (SSSR count). The van der Waals surface area contributed by atoms with Crippen LogP contribution in [-0.2, 0) is 11.8 Å². The van der Waals surface area contributed by atoms with Gasteiger partial charge in [-0.25, -0.2) is 4.98 Å². The number of hydrogen-bond acceptors (Lipinski definition) is 3. The van der Waals surface area contributed by atoms with Crippen LogP contribution in [0.3, 0.4) is 0 Å². The lowest BCUT2D eigenvalue weighted by Crippen LogP contribution is -2.26. The first-order valence-corrected chi connectivity index (χ1v) is 8.77. The Bertz CT molecular complexity index is 1180. The predicted octanol–water partition coefficient (Wildman–Crippen LogP) is 3.34. The van der Waals surface area contributed by atoms with Gasteiger partial charge in [0.05, 0.1) is 11.4 Å². The highest BCUT2D eigenvalue weighted by Gasteiger charge is 2.41. The van der Waals surface area contributed by atoms with Crippen molar-refractivity contribution in [2.24, 2.45) is 0 Å². The van der Waals surface area contributed by atoms with Crippen molar-refractivity contribution in [3.63, 3.8) is 0 Å². The van der Waals surface area contributed by atoms with Crippen LogP contribution in [0, 0.1) is 0 Å². The van der Waals surface area contributed by atoms with Crippen molar-refractivity contribution < 1.29 is 0 Å². The lowest BCUT2D eigenvalue weighted by Gasteiger charge is -2.27. The van der Waals surface area contributed by atoms with E-state index in [-0.39, 0.29) is 11.0 Å². The summed E-state index contributed by atoms with van der Waals surface area (Å²) in [5, 5.41) is 0. The fourth-order valence-electron chi connectivity index (χ4n) is 4.24. The van der Waals surface area contributed by atoms with Crippen LogP contribution < -0.4 is 5.56 Å². The summed E-state index contributed by atoms with van der Waals surface area (Å²) < 4.78 is 1.96. The minimum atomic E-state index is -0.210. The average molecular weight is 342 g/mol. The molecule has 0 spiro atoms. The van der Waals surface area contributed by atoms with Crippen molar-refractivity contribution in [1.29, 1.82) is 0 Å². The zero-order valence-electron chi connectivity index (χ0n) is 14.4. The van der Waals surface area contributed by atoms with Gasteiger partial charge in [0.25, 0.3) is 5.56 Å². The molecule has 0 amide bonds. The highest BCUT2D eigenvalue weighted by atomic mass is 16.1. The van der Waals surface area contributed by atoms with Gasteiger partial charge < -0.3 is 4.98 Å². The Balaban J connectivity index is 1.73. The number of aryl methyl sites for hydroxylation is 1. The van der Waals surface area contributed by atoms with Gasteiger partial charge in [-0.2, -0.15) is 0 Å². The smallest absolute Gasteiger partial charge is 0.292 e. The van der Waals surface area contributed by atoms with Crippen LogP contribution in [0.1, 0.15) is 30.2 Å². The van der Waals surface area contributed by atoms with Crippen LogP contribution in [0.4, 0.5) is 0 Å². The standard InChI is InChI=1S/C21H18N4O/c1-21(9-6-14-7-10-22-11-8-14)16-5-3-2-4-15(16)17-18(21)25-13-12-23-19(25)20(26)24-17/h2-5,7-8,10-13H,6,9H2,1H3,(H,24,26). The van der Waals surface area contributed by atoms with Crippen molar-refractivity contribution >= 4 is 5.65 Å². The lowest BCUT2D eigenvalue weighted by molar-refractivity contribution is 0.511. The van der Waals surface area contributed by atoms with E-state index in [1.54, 1.807) is 6.20 Å². The second-order valence-electron chi connectivity index (χ2n) is 7.03. The molecule has 0 aliphatic heterocycles. The van der Waals surface area contributed by atoms with Gasteiger partial charge in [-0.3, -0.25) is 14.2 Å². The molecule has 3 aromatic heterocycles. The Morgan fingerprint density at radius 2 is 1.92 bits per heavy atom. The lowest BCUT2D eigenvalue weighted by atomic mass is 9.78. The minimum Gasteiger partial charge on any atom is -0.317 e. The third kappa shape index (κ3) is 2.00. The number of aromatic nitrogens is 4. The molecule has 1 unspecified atom stereocenters. The Kier molecular flexibility index (Phi) is 3.13. The molecule has 3 heterocycles. The van der Waals surface area contributed by atoms with E-state index in [2.05, 4.69) is 52.2 Å². The monoisotopic (exact) mass is 342 g/mol. The number of pyridine rings is 1. The van der Waals surface area contributed by atoms with Gasteiger partial charge in [0.2, 0.25) is 5.65 Å². The first-order valence-electron chi connectivity index (χ1n) is 8.77. The number of fused-ring (bicyclic) bond motifs is 5. The molecule has 0 saturated carbocycles. The topological polar surface area (TPSA) is 63.0 Å². The molecule has 0 fully saturated rings. The Morgan fingerprint density at radius 1 is 1.12 bits per heavy atom. The number of benzene rings is 1. The molecule has 1 aromatic carbocycles. The van der Waals surface area contributed by atoms with E-state index in [0.29, 0.717) is 5.65 Å². The second kappa shape index (κ2) is 5.39. The third-order valence-corrected chi connectivity index (χ3v) is 5.54. The van der Waals surface area contributed by atoms with Crippen molar-refractivity contribution in [2.75, 3.05) is 0 Å². The number of H-pyrrole nitrogens is 1. The van der Waals surface area contributed by atoms with Gasteiger partial charge in [0.1, 0.15) is 0 Å². The van der Waals surface area contributed by atoms with E-state index >= 15 is 0 Å². The van der Waals surface area contributed by atoms with E-state index in [0.717, 1.165) is 29.8 Å². The predicted molar refractivity (Wildman–Crippen MR) is 100 cm³/mol. The van der Waals surface area contributed by atoms with Gasteiger partial charge in [-0.1, -0.05) is 24.3 Å². The molecule has 0 bridgehead atoms. The molecular weight excluding hydrogens is 324 g/mol. The maximum absolute atomic E-state index is 12.5. The SMILES string of the molecule is CC1(CCc2ccncc2)c2ccccc2-c2[nH]c(=O)c3nccn3c21. The maximum Gasteiger partial charge on any atom is 0.292 e. The average Bonchev–Trinajstić information content (AvgIpc) is 3.25. The number of nitrogens with zero attached hydrogens (tertiary/aromatic N) is 3. The summed E-state index contributed by atoms with van der Waals surface area (Å²) in [6.45, 7) is 2.26. The Morgan fingerprint density at radius 3 is 2.77 bits per heavy atom. The number of hydrogen-bond donors (Lipinski definition) is 1. The summed E-state index contributed by atoms with van der Waals surface area (Å²) in [6, 6.07) is 12.5. The third-order valence-electron chi connectivity index (χ3n) is 5.54. The van der Waals surface area contributed by atoms with Crippen LogP contribution in [0.5, 0.6) is 0 Å². The van der Waals surface area contributed by atoms with Crippen molar-refractivity contribution in [3.8, 4) is 11.3 Å². The molecule has 5 nitrogen and oxygen atoms in total. The van der Waals surface area contributed by atoms with Gasteiger partial charge in [-0.15, -0.1) is 0 Å². The van der Waals surface area contributed by atoms with Gasteiger partial charge in [0.15, 0.2) is 0 Å². The second-order valence-corrected chi connectivity index (χ2v) is 7.03. The first-order chi connectivity index (χ1) is 12.7. The summed E-state index contributed by atoms with van der Waals surface area (Å²) in [7, 11) is 0. The van der Waals surface area contributed by atoms with Crippen molar-refractivity contribution in [3.05, 3.63) is 88.4 Å². The summed E-state index contributed by atoms with van der Waals surface area (Å²) in [4.78, 5) is 23.9. The van der Waals surface area contributed by atoms with E-state index in [1.807, 2.05) is 29.1 Å². The molecule has 128 valence electrons. The van der Waals surface area contributed by atoms with Crippen LogP contribution >= 0.6 is 0 Å². The molecule has 0 saturated heterocycles. The van der Waals surface area contributed by atoms with Crippen molar-refractivity contribution in [1.82, 2.24) is 19.4 Å². The summed E-state index contributed by atoms with van der Waals surface area (Å²) in [5.74, 6) is 0. The number of aromatic amines is 1. The van der Waals surface area contributed by atoms with Gasteiger partial charge >= 0.3 is 0 Å². The summed E-state index contributed by atoms with van der Waals surface area (Å²) in [5.41, 5.74) is 5.73. The molecule has 5 heteroatoms. The minimum absolute atomic E-state index is 0.151. The molecule has 1 aliphatic rings. The molecule has 1 atom stereocenters. The van der Waals surface area contributed by atoms with Crippen LogP contribution in [-0.4, -0.2) is 19.4 Å². The van der Waals surface area contributed by atoms with Crippen LogP contribution in [0.15, 0.2) is 66.0 Å². The summed E-state index contributed by atoms with van der Waals surface area (Å²) >= 11 is 0. The summed E-state index contributed by atoms with van der Waals surface area (Å²) in [6.07, 6.45) is 9.11. The van der Waals surface area contributed by atoms with E-state index in [4.69, 9.17) is 0 Å². The fraction of sp³-hybridized carbons (Fsp3) is 0.190. The molecule has 4 aromatic rings. The highest BCUT2D eigenvalue weighted by molar-refractivity contribution is 5.77. The quantitative estimate of drug-likeness (QED) is 0.621. The van der Waals surface area contributed by atoms with E-state index < -0.39 is 0 Å². The maximum atomic E-state index is 12.5. The van der Waals surface area contributed by atoms with E-state index in [9.17, 15) is 4.79 Å². The zero-order valence-corrected chi connectivity index (χ0v) is 14.4. The molecule has 0 radical (unpaired) electrons. The fourth-order valence-corrected chi connectivity index (χ4v) is 4.24. The number of rotatable bonds is 3. The van der Waals surface area contributed by atoms with Gasteiger partial charge in [0, 0.05) is 35.8 Å². The zero-order chi connectivity index (χ0) is 17.7. The Labute approximate surface area is 150 Å². The highest BCUT2D eigenvalue weighted by Crippen LogP contribution is 2.49. The number of imidazole rings is 1.